The van der Waals surface area contributed by atoms with E-state index >= 15 is 0 Å². The number of aliphatic hydroxyl groups is 1. The molecule has 1 heterocycles. The van der Waals surface area contributed by atoms with E-state index in [1.54, 1.807) is 6.20 Å². The molecule has 1 aromatic carbocycles. The number of anilines is 2. The molecule has 10 heteroatoms. The first-order valence-electron chi connectivity index (χ1n) is 11.0. The van der Waals surface area contributed by atoms with Gasteiger partial charge in [0.2, 0.25) is 6.41 Å². The van der Waals surface area contributed by atoms with Gasteiger partial charge in [-0.2, -0.15) is 0 Å². The first-order valence-corrected chi connectivity index (χ1v) is 11.8. The molecule has 2 aromatic rings. The molecule has 0 bridgehead atoms. The molecule has 0 aliphatic carbocycles. The number of aliphatic hydroxyl groups excluding tert-OH is 1. The molecule has 2 rings (SSSR count). The van der Waals surface area contributed by atoms with Crippen LogP contribution in [0.25, 0.3) is 0 Å². The number of nitrogens with zero attached hydrogens (tertiary/aromatic N) is 2. The molecule has 0 unspecified atom stereocenters. The average Bonchev–Trinajstić information content (AvgIpc) is 2.83. The van der Waals surface area contributed by atoms with E-state index in [0.29, 0.717) is 32.8 Å². The Morgan fingerprint density at radius 3 is 2.58 bits per heavy atom. The average molecular weight is 528 g/mol. The minimum atomic E-state index is 0.214. The Morgan fingerprint density at radius 2 is 1.91 bits per heavy atom. The molecule has 0 spiro atoms. The van der Waals surface area contributed by atoms with Crippen LogP contribution in [-0.4, -0.2) is 68.0 Å². The van der Waals surface area contributed by atoms with Gasteiger partial charge in [0.15, 0.2) is 0 Å². The lowest BCUT2D eigenvalue weighted by Crippen LogP contribution is -2.22. The lowest BCUT2D eigenvalue weighted by Gasteiger charge is -2.07. The highest BCUT2D eigenvalue weighted by Crippen LogP contribution is 2.11. The summed E-state index contributed by atoms with van der Waals surface area (Å²) in [4.78, 5) is 18.6. The van der Waals surface area contributed by atoms with Gasteiger partial charge < -0.3 is 30.5 Å². The molecule has 1 aromatic heterocycles. The van der Waals surface area contributed by atoms with Crippen molar-refractivity contribution in [2.24, 2.45) is 0 Å². The van der Waals surface area contributed by atoms with E-state index in [1.165, 1.54) is 0 Å². The quantitative estimate of drug-likeness (QED) is 0.218. The van der Waals surface area contributed by atoms with Crippen LogP contribution < -0.4 is 16.0 Å². The lowest BCUT2D eigenvalue weighted by molar-refractivity contribution is -0.105. The highest BCUT2D eigenvalue weighted by molar-refractivity contribution is 9.10. The summed E-state index contributed by atoms with van der Waals surface area (Å²) in [6, 6.07) is 7.52. The van der Waals surface area contributed by atoms with Crippen LogP contribution in [0, 0.1) is 6.92 Å². The van der Waals surface area contributed by atoms with Crippen molar-refractivity contribution in [2.45, 2.75) is 33.8 Å². The van der Waals surface area contributed by atoms with Crippen molar-refractivity contribution in [3.63, 3.8) is 0 Å². The fourth-order valence-corrected chi connectivity index (χ4v) is 2.77. The second-order valence-corrected chi connectivity index (χ2v) is 7.14. The van der Waals surface area contributed by atoms with Crippen LogP contribution in [0.1, 0.15) is 31.5 Å². The fourth-order valence-electron chi connectivity index (χ4n) is 2.40. The van der Waals surface area contributed by atoms with E-state index in [1.807, 2.05) is 52.1 Å². The third-order valence-corrected chi connectivity index (χ3v) is 4.26. The zero-order valence-corrected chi connectivity index (χ0v) is 21.7. The molecule has 0 radical (unpaired) electrons. The number of hydrogen-bond donors (Lipinski definition) is 4. The van der Waals surface area contributed by atoms with Crippen molar-refractivity contribution < 1.29 is 19.4 Å². The number of nitrogens with one attached hydrogen (secondary N) is 3. The van der Waals surface area contributed by atoms with E-state index in [4.69, 9.17) is 14.6 Å². The molecule has 0 saturated carbocycles. The summed E-state index contributed by atoms with van der Waals surface area (Å²) in [6.45, 7) is 9.91. The number of rotatable bonds is 14. The maximum Gasteiger partial charge on any atom is 0.211 e. The molecule has 4 N–H and O–H groups in total. The van der Waals surface area contributed by atoms with Gasteiger partial charge >= 0.3 is 0 Å². The summed E-state index contributed by atoms with van der Waals surface area (Å²) in [6.07, 6.45) is 3.09. The first kappa shape index (κ1) is 30.9. The molecule has 1 amide bonds. The molecular formula is C23H38BrN5O4. The molecule has 0 atom stereocenters. The van der Waals surface area contributed by atoms with E-state index in [9.17, 15) is 4.79 Å². The van der Waals surface area contributed by atoms with Crippen molar-refractivity contribution in [1.82, 2.24) is 15.3 Å². The summed E-state index contributed by atoms with van der Waals surface area (Å²) in [5.41, 5.74) is 2.67. The van der Waals surface area contributed by atoms with Gasteiger partial charge in [-0.15, -0.1) is 0 Å². The third kappa shape index (κ3) is 16.2. The number of ether oxygens (including phenoxy) is 2. The van der Waals surface area contributed by atoms with Gasteiger partial charge in [-0.3, -0.25) is 4.79 Å². The standard InChI is InChI=1S/C15H24N2O4.C6H8BrN3.C2H6/c18-7-2-5-16-6-8-20-9-10-21-12-14-3-1-4-15(11-14)17-13-19;1-4-6(8-2)9-3-5(7)10-4;1-2/h1,3-4,11,13,16,18H,2,5-10,12H2,(H,17,19);3H,1-2H3,(H,8,9);1-2H3. The van der Waals surface area contributed by atoms with Crippen LogP contribution >= 0.6 is 15.9 Å². The molecule has 0 saturated heterocycles. The molecule has 186 valence electrons. The van der Waals surface area contributed by atoms with Crippen molar-refractivity contribution in [1.29, 1.82) is 0 Å². The molecule has 0 aliphatic heterocycles. The van der Waals surface area contributed by atoms with E-state index in [2.05, 4.69) is 41.8 Å². The number of hydrogen-bond acceptors (Lipinski definition) is 8. The Kier molecular flexibility index (Phi) is 20.3. The second-order valence-electron chi connectivity index (χ2n) is 6.33. The van der Waals surface area contributed by atoms with Gasteiger partial charge in [0.1, 0.15) is 10.4 Å². The molecule has 33 heavy (non-hydrogen) atoms. The summed E-state index contributed by atoms with van der Waals surface area (Å²) in [7, 11) is 1.82. The van der Waals surface area contributed by atoms with Crippen LogP contribution in [0.2, 0.25) is 0 Å². The fraction of sp³-hybridized carbons (Fsp3) is 0.522. The molecule has 0 fully saturated rings. The Balaban J connectivity index is 0.000000709. The Labute approximate surface area is 205 Å². The predicted molar refractivity (Wildman–Crippen MR) is 137 cm³/mol. The normalized spacial score (nSPS) is 9.76. The first-order chi connectivity index (χ1) is 16.1. The minimum Gasteiger partial charge on any atom is -0.396 e. The maximum absolute atomic E-state index is 10.4. The predicted octanol–water partition coefficient (Wildman–Crippen LogP) is 3.38. The van der Waals surface area contributed by atoms with Gasteiger partial charge in [-0.05, 0) is 53.5 Å². The summed E-state index contributed by atoms with van der Waals surface area (Å²) >= 11 is 3.22. The van der Waals surface area contributed by atoms with Gasteiger partial charge in [0.05, 0.1) is 38.3 Å². The number of benzene rings is 1. The van der Waals surface area contributed by atoms with Crippen molar-refractivity contribution in [3.05, 3.63) is 46.3 Å². The third-order valence-electron chi connectivity index (χ3n) is 3.88. The largest absolute Gasteiger partial charge is 0.396 e. The summed E-state index contributed by atoms with van der Waals surface area (Å²) in [5.74, 6) is 0.822. The van der Waals surface area contributed by atoms with E-state index in [-0.39, 0.29) is 6.61 Å². The van der Waals surface area contributed by atoms with Gasteiger partial charge in [-0.1, -0.05) is 26.0 Å². The zero-order chi connectivity index (χ0) is 24.7. The summed E-state index contributed by atoms with van der Waals surface area (Å²) < 4.78 is 11.7. The molecular weight excluding hydrogens is 490 g/mol. The number of carbonyl (C=O) groups excluding carboxylic acids is 1. The Morgan fingerprint density at radius 1 is 1.15 bits per heavy atom. The van der Waals surface area contributed by atoms with Crippen LogP contribution in [0.15, 0.2) is 35.1 Å². The van der Waals surface area contributed by atoms with Crippen molar-refractivity contribution in [3.8, 4) is 0 Å². The number of aryl methyl sites for hydroxylation is 1. The monoisotopic (exact) mass is 527 g/mol. The second kappa shape index (κ2) is 21.7. The van der Waals surface area contributed by atoms with Crippen molar-refractivity contribution >= 4 is 33.8 Å². The van der Waals surface area contributed by atoms with E-state index < -0.39 is 0 Å². The zero-order valence-electron chi connectivity index (χ0n) is 20.1. The van der Waals surface area contributed by atoms with Crippen LogP contribution in [0.4, 0.5) is 11.5 Å². The topological polar surface area (TPSA) is 118 Å². The van der Waals surface area contributed by atoms with Gasteiger partial charge in [0, 0.05) is 25.9 Å². The van der Waals surface area contributed by atoms with Gasteiger partial charge in [0.25, 0.3) is 0 Å². The molecule has 9 nitrogen and oxygen atoms in total. The van der Waals surface area contributed by atoms with Crippen molar-refractivity contribution in [2.75, 3.05) is 57.2 Å². The highest BCUT2D eigenvalue weighted by Gasteiger charge is 1.98. The summed E-state index contributed by atoms with van der Waals surface area (Å²) in [5, 5.41) is 17.3. The number of carbonyl (C=O) groups is 1. The highest BCUT2D eigenvalue weighted by atomic mass is 79.9. The Hall–Kier alpha value is -2.11. The smallest absolute Gasteiger partial charge is 0.211 e. The number of aromatic nitrogens is 2. The van der Waals surface area contributed by atoms with Gasteiger partial charge in [-0.25, -0.2) is 9.97 Å². The molecule has 0 aliphatic rings. The SMILES string of the molecule is CC.CNc1ncc(Br)nc1C.O=CNc1cccc(COCCOCCNCCCO)c1. The minimum absolute atomic E-state index is 0.214. The van der Waals surface area contributed by atoms with Crippen LogP contribution in [-0.2, 0) is 20.9 Å². The lowest BCUT2D eigenvalue weighted by atomic mass is 10.2. The number of halogens is 1. The van der Waals surface area contributed by atoms with Crippen LogP contribution in [0.5, 0.6) is 0 Å². The Bertz CT molecular complexity index is 753. The maximum atomic E-state index is 10.4. The number of amides is 1. The van der Waals surface area contributed by atoms with Crippen LogP contribution in [0.3, 0.4) is 0 Å². The van der Waals surface area contributed by atoms with E-state index in [0.717, 1.165) is 46.9 Å².